The number of pyridine rings is 1. The number of hydrogen-bond donors (Lipinski definition) is 2. The number of H-pyrrole nitrogens is 1. The van der Waals surface area contributed by atoms with Gasteiger partial charge in [-0.1, -0.05) is 0 Å². The SMILES string of the molecule is O=[SH](=O)C(C1CCC(c2nncc3cnc4[nH]ccc4c23)CC1)N1CCCC(COc2ccc(F)cc2F)C1. The molecule has 2 fully saturated rings. The Labute approximate surface area is 226 Å². The van der Waals surface area contributed by atoms with Crippen LogP contribution in [0.2, 0.25) is 0 Å². The van der Waals surface area contributed by atoms with Gasteiger partial charge in [0, 0.05) is 53.0 Å². The molecular formula is C28H31F2N5O3S. The lowest BCUT2D eigenvalue weighted by atomic mass is 9.78. The van der Waals surface area contributed by atoms with E-state index in [1.54, 1.807) is 6.20 Å². The van der Waals surface area contributed by atoms with E-state index in [-0.39, 0.29) is 30.1 Å². The Kier molecular flexibility index (Phi) is 7.44. The first-order valence-electron chi connectivity index (χ1n) is 13.5. The van der Waals surface area contributed by atoms with E-state index in [1.165, 1.54) is 12.1 Å². The van der Waals surface area contributed by atoms with Gasteiger partial charge in [-0.2, -0.15) is 10.2 Å². The molecule has 6 rings (SSSR count). The zero-order chi connectivity index (χ0) is 26.9. The number of aromatic amines is 1. The summed E-state index contributed by atoms with van der Waals surface area (Å²) in [6, 6.07) is 5.28. The highest BCUT2D eigenvalue weighted by Crippen LogP contribution is 2.41. The van der Waals surface area contributed by atoms with Gasteiger partial charge >= 0.3 is 0 Å². The van der Waals surface area contributed by atoms with E-state index in [9.17, 15) is 17.2 Å². The van der Waals surface area contributed by atoms with Gasteiger partial charge < -0.3 is 9.72 Å². The van der Waals surface area contributed by atoms with Crippen LogP contribution >= 0.6 is 0 Å². The third-order valence-electron chi connectivity index (χ3n) is 8.32. The maximum atomic E-state index is 14.0. The molecule has 0 amide bonds. The molecule has 1 saturated carbocycles. The molecule has 0 radical (unpaired) electrons. The lowest BCUT2D eigenvalue weighted by molar-refractivity contribution is 0.0887. The highest BCUT2D eigenvalue weighted by atomic mass is 32.2. The van der Waals surface area contributed by atoms with Crippen LogP contribution in [-0.4, -0.2) is 58.6 Å². The number of nitrogens with one attached hydrogen (secondary N) is 1. The first-order valence-corrected chi connectivity index (χ1v) is 14.8. The van der Waals surface area contributed by atoms with E-state index in [2.05, 4.69) is 25.1 Å². The second-order valence-electron chi connectivity index (χ2n) is 10.8. The zero-order valence-electron chi connectivity index (χ0n) is 21.4. The van der Waals surface area contributed by atoms with Crippen LogP contribution in [0.25, 0.3) is 21.8 Å². The Morgan fingerprint density at radius 2 is 1.95 bits per heavy atom. The molecule has 8 nitrogen and oxygen atoms in total. The summed E-state index contributed by atoms with van der Waals surface area (Å²) < 4.78 is 57.9. The third-order valence-corrected chi connectivity index (χ3v) is 9.50. The maximum absolute atomic E-state index is 14.0. The van der Waals surface area contributed by atoms with Crippen LogP contribution in [0, 0.1) is 23.5 Å². The van der Waals surface area contributed by atoms with Crippen LogP contribution in [0.3, 0.4) is 0 Å². The Morgan fingerprint density at radius 1 is 1.10 bits per heavy atom. The molecule has 4 heterocycles. The average Bonchev–Trinajstić information content (AvgIpc) is 3.42. The molecule has 206 valence electrons. The minimum atomic E-state index is -2.66. The minimum Gasteiger partial charge on any atom is -0.490 e. The fourth-order valence-corrected chi connectivity index (χ4v) is 7.58. The fourth-order valence-electron chi connectivity index (χ4n) is 6.46. The molecular weight excluding hydrogens is 524 g/mol. The Morgan fingerprint density at radius 3 is 2.74 bits per heavy atom. The lowest BCUT2D eigenvalue weighted by Crippen LogP contribution is -2.48. The van der Waals surface area contributed by atoms with E-state index in [0.29, 0.717) is 13.1 Å². The minimum absolute atomic E-state index is 0.0162. The molecule has 39 heavy (non-hydrogen) atoms. The normalized spacial score (nSPS) is 23.4. The van der Waals surface area contributed by atoms with Crippen molar-refractivity contribution >= 4 is 32.5 Å². The predicted molar refractivity (Wildman–Crippen MR) is 144 cm³/mol. The van der Waals surface area contributed by atoms with Gasteiger partial charge in [0.05, 0.1) is 18.5 Å². The van der Waals surface area contributed by atoms with Crippen molar-refractivity contribution in [1.82, 2.24) is 25.1 Å². The van der Waals surface area contributed by atoms with Crippen molar-refractivity contribution in [2.24, 2.45) is 11.8 Å². The van der Waals surface area contributed by atoms with Gasteiger partial charge in [-0.25, -0.2) is 22.2 Å². The molecule has 2 aliphatic rings. The monoisotopic (exact) mass is 555 g/mol. The largest absolute Gasteiger partial charge is 0.490 e. The standard InChI is InChI=1S/C28H31F2N5O3S/c29-21-7-8-24(23(30)12-21)38-16-17-2-1-11-35(15-17)28(39(36)37)19-5-3-18(4-6-19)26-25-20(14-33-34-26)13-32-27-22(25)9-10-31-27/h7-10,12-14,17-19,28,39H,1-6,11,15-16H2,(H,31,32). The number of aromatic nitrogens is 4. The van der Waals surface area contributed by atoms with Crippen molar-refractivity contribution < 1.29 is 21.9 Å². The van der Waals surface area contributed by atoms with Gasteiger partial charge in [0.2, 0.25) is 0 Å². The first-order chi connectivity index (χ1) is 19.0. The summed E-state index contributed by atoms with van der Waals surface area (Å²) in [7, 11) is -2.66. The summed E-state index contributed by atoms with van der Waals surface area (Å²) in [5.74, 6) is -1.06. The number of rotatable bonds is 7. The molecule has 2 unspecified atom stereocenters. The van der Waals surface area contributed by atoms with Crippen LogP contribution in [0.4, 0.5) is 8.78 Å². The van der Waals surface area contributed by atoms with E-state index < -0.39 is 27.7 Å². The summed E-state index contributed by atoms with van der Waals surface area (Å²) in [6.07, 6.45) is 10.4. The Bertz CT molecular complexity index is 1550. The Hall–Kier alpha value is -3.18. The van der Waals surface area contributed by atoms with Crippen molar-refractivity contribution in [1.29, 1.82) is 0 Å². The molecule has 1 aliphatic carbocycles. The molecule has 1 saturated heterocycles. The van der Waals surface area contributed by atoms with Crippen molar-refractivity contribution in [2.45, 2.75) is 49.8 Å². The van der Waals surface area contributed by atoms with Crippen molar-refractivity contribution in [3.63, 3.8) is 0 Å². The van der Waals surface area contributed by atoms with Gasteiger partial charge in [0.25, 0.3) is 0 Å². The van der Waals surface area contributed by atoms with E-state index in [1.807, 2.05) is 18.5 Å². The summed E-state index contributed by atoms with van der Waals surface area (Å²) in [4.78, 5) is 9.70. The van der Waals surface area contributed by atoms with Crippen LogP contribution in [0.5, 0.6) is 5.75 Å². The van der Waals surface area contributed by atoms with Crippen molar-refractivity contribution in [3.05, 3.63) is 60.2 Å². The van der Waals surface area contributed by atoms with Gasteiger partial charge in [-0.3, -0.25) is 4.90 Å². The molecule has 2 atom stereocenters. The molecule has 11 heteroatoms. The van der Waals surface area contributed by atoms with Crippen LogP contribution < -0.4 is 4.74 Å². The Balaban J connectivity index is 1.13. The molecule has 1 aliphatic heterocycles. The zero-order valence-corrected chi connectivity index (χ0v) is 22.3. The van der Waals surface area contributed by atoms with Crippen LogP contribution in [0.1, 0.15) is 50.1 Å². The molecule has 0 bridgehead atoms. The number of benzene rings is 1. The topological polar surface area (TPSA) is 101 Å². The third kappa shape index (κ3) is 5.34. The highest BCUT2D eigenvalue weighted by Gasteiger charge is 2.37. The molecule has 1 aromatic carbocycles. The molecule has 3 aromatic heterocycles. The number of halogens is 2. The van der Waals surface area contributed by atoms with Gasteiger partial charge in [-0.05, 0) is 69.2 Å². The summed E-state index contributed by atoms with van der Waals surface area (Å²) in [5.41, 5.74) is 1.78. The lowest BCUT2D eigenvalue weighted by Gasteiger charge is -2.41. The second-order valence-corrected chi connectivity index (χ2v) is 11.9. The average molecular weight is 556 g/mol. The number of likely N-dealkylation sites (tertiary alicyclic amines) is 1. The second kappa shape index (κ2) is 11.1. The summed E-state index contributed by atoms with van der Waals surface area (Å²) in [6.45, 7) is 1.54. The number of thiol groups is 1. The number of nitrogens with zero attached hydrogens (tertiary/aromatic N) is 4. The predicted octanol–water partition coefficient (Wildman–Crippen LogP) is 4.79. The van der Waals surface area contributed by atoms with Gasteiger partial charge in [0.1, 0.15) is 16.8 Å². The molecule has 4 aromatic rings. The smallest absolute Gasteiger partial charge is 0.167 e. The summed E-state index contributed by atoms with van der Waals surface area (Å²) >= 11 is 0. The van der Waals surface area contributed by atoms with Crippen LogP contribution in [-0.2, 0) is 10.7 Å². The highest BCUT2D eigenvalue weighted by molar-refractivity contribution is 7.73. The van der Waals surface area contributed by atoms with E-state index >= 15 is 0 Å². The van der Waals surface area contributed by atoms with Gasteiger partial charge in [0.15, 0.2) is 22.3 Å². The first kappa shape index (κ1) is 26.1. The van der Waals surface area contributed by atoms with Crippen molar-refractivity contribution in [2.75, 3.05) is 19.7 Å². The van der Waals surface area contributed by atoms with Crippen LogP contribution in [0.15, 0.2) is 42.9 Å². The van der Waals surface area contributed by atoms with Crippen molar-refractivity contribution in [3.8, 4) is 5.75 Å². The number of hydrogen-bond acceptors (Lipinski definition) is 7. The van der Waals surface area contributed by atoms with E-state index in [4.69, 9.17) is 4.74 Å². The number of fused-ring (bicyclic) bond motifs is 3. The number of piperidine rings is 1. The van der Waals surface area contributed by atoms with E-state index in [0.717, 1.165) is 72.1 Å². The maximum Gasteiger partial charge on any atom is 0.167 e. The number of ether oxygens (including phenoxy) is 1. The fraction of sp³-hybridized carbons (Fsp3) is 0.464. The quantitative estimate of drug-likeness (QED) is 0.316. The summed E-state index contributed by atoms with van der Waals surface area (Å²) in [5, 5.41) is 11.3. The van der Waals surface area contributed by atoms with Gasteiger partial charge in [-0.15, -0.1) is 0 Å². The molecule has 0 spiro atoms. The molecule has 1 N–H and O–H groups in total.